The van der Waals surface area contributed by atoms with Crippen molar-refractivity contribution in [2.45, 2.75) is 32.9 Å². The molecule has 2 aliphatic rings. The first-order chi connectivity index (χ1) is 14.7. The fraction of sp³-hybridized carbons (Fsp3) is 0.636. The van der Waals surface area contributed by atoms with E-state index in [1.165, 1.54) is 41.5 Å². The zero-order chi connectivity index (χ0) is 20.8. The number of thiazole rings is 1. The molecule has 0 amide bonds. The molecule has 0 atom stereocenters. The predicted octanol–water partition coefficient (Wildman–Crippen LogP) is 3.12. The molecule has 8 heteroatoms. The first kappa shape index (κ1) is 21.7. The van der Waals surface area contributed by atoms with Crippen LogP contribution in [-0.2, 0) is 13.1 Å². The molecule has 4 rings (SSSR count). The van der Waals surface area contributed by atoms with Crippen LogP contribution in [0, 0.1) is 12.8 Å². The highest BCUT2D eigenvalue weighted by Gasteiger charge is 2.23. The molecule has 30 heavy (non-hydrogen) atoms. The van der Waals surface area contributed by atoms with Gasteiger partial charge in [-0.25, -0.2) is 4.98 Å². The number of thiophene rings is 1. The van der Waals surface area contributed by atoms with Crippen molar-refractivity contribution in [3.8, 4) is 0 Å². The number of hydrogen-bond donors (Lipinski definition) is 1. The Balaban J connectivity index is 1.15. The molecule has 2 aliphatic heterocycles. The molecule has 164 valence electrons. The number of aromatic nitrogens is 1. The van der Waals surface area contributed by atoms with Crippen LogP contribution in [0.5, 0.6) is 0 Å². The number of likely N-dealkylation sites (tertiary alicyclic amines) is 1. The lowest BCUT2D eigenvalue weighted by Gasteiger charge is -2.37. The van der Waals surface area contributed by atoms with Gasteiger partial charge in [0.1, 0.15) is 0 Å². The van der Waals surface area contributed by atoms with E-state index in [0.29, 0.717) is 0 Å². The number of piperidine rings is 1. The van der Waals surface area contributed by atoms with E-state index in [1.807, 2.05) is 18.4 Å². The van der Waals surface area contributed by atoms with Crippen LogP contribution in [-0.4, -0.2) is 78.5 Å². The molecular formula is C22H34N6S2. The van der Waals surface area contributed by atoms with Gasteiger partial charge >= 0.3 is 0 Å². The van der Waals surface area contributed by atoms with Gasteiger partial charge in [-0.15, -0.1) is 22.7 Å². The molecule has 0 aliphatic carbocycles. The summed E-state index contributed by atoms with van der Waals surface area (Å²) < 4.78 is 0. The van der Waals surface area contributed by atoms with Crippen molar-refractivity contribution in [2.75, 3.05) is 52.9 Å². The summed E-state index contributed by atoms with van der Waals surface area (Å²) >= 11 is 3.61. The summed E-state index contributed by atoms with van der Waals surface area (Å²) in [6, 6.07) is 4.38. The van der Waals surface area contributed by atoms with E-state index in [1.54, 1.807) is 11.3 Å². The number of nitrogens with zero attached hydrogens (tertiary/aromatic N) is 5. The number of guanidine groups is 1. The van der Waals surface area contributed by atoms with E-state index in [-0.39, 0.29) is 0 Å². The van der Waals surface area contributed by atoms with Gasteiger partial charge in [-0.1, -0.05) is 6.07 Å². The van der Waals surface area contributed by atoms with Gasteiger partial charge < -0.3 is 10.2 Å². The van der Waals surface area contributed by atoms with Crippen LogP contribution in [0.3, 0.4) is 0 Å². The molecule has 0 spiro atoms. The maximum Gasteiger partial charge on any atom is 0.193 e. The first-order valence-electron chi connectivity index (χ1n) is 11.0. The number of rotatable bonds is 6. The van der Waals surface area contributed by atoms with Crippen molar-refractivity contribution >= 4 is 28.6 Å². The van der Waals surface area contributed by atoms with Crippen LogP contribution in [0.4, 0.5) is 0 Å². The number of aliphatic imine (C=N–C) groups is 1. The molecule has 0 saturated carbocycles. The highest BCUT2D eigenvalue weighted by Crippen LogP contribution is 2.19. The quantitative estimate of drug-likeness (QED) is 0.546. The van der Waals surface area contributed by atoms with Gasteiger partial charge in [0.15, 0.2) is 5.96 Å². The smallest absolute Gasteiger partial charge is 0.193 e. The Bertz CT molecular complexity index is 786. The molecule has 2 fully saturated rings. The lowest BCUT2D eigenvalue weighted by atomic mass is 9.97. The van der Waals surface area contributed by atoms with Crippen LogP contribution in [0.2, 0.25) is 0 Å². The van der Waals surface area contributed by atoms with Gasteiger partial charge in [-0.2, -0.15) is 0 Å². The molecular weight excluding hydrogens is 412 g/mol. The molecule has 4 heterocycles. The van der Waals surface area contributed by atoms with Gasteiger partial charge in [0.05, 0.1) is 10.7 Å². The second kappa shape index (κ2) is 10.7. The maximum absolute atomic E-state index is 4.61. The summed E-state index contributed by atoms with van der Waals surface area (Å²) in [5.74, 6) is 1.81. The van der Waals surface area contributed by atoms with Crippen molar-refractivity contribution in [1.29, 1.82) is 0 Å². The van der Waals surface area contributed by atoms with Crippen molar-refractivity contribution in [2.24, 2.45) is 10.9 Å². The van der Waals surface area contributed by atoms with Crippen LogP contribution < -0.4 is 5.32 Å². The predicted molar refractivity (Wildman–Crippen MR) is 127 cm³/mol. The fourth-order valence-electron chi connectivity index (χ4n) is 4.37. The molecule has 6 nitrogen and oxygen atoms in total. The van der Waals surface area contributed by atoms with Gasteiger partial charge in [-0.3, -0.25) is 14.8 Å². The second-order valence-electron chi connectivity index (χ2n) is 8.35. The van der Waals surface area contributed by atoms with E-state index < -0.39 is 0 Å². The summed E-state index contributed by atoms with van der Waals surface area (Å²) in [6.45, 7) is 11.9. The summed E-state index contributed by atoms with van der Waals surface area (Å²) in [6.07, 6.45) is 2.50. The minimum atomic E-state index is 0.732. The van der Waals surface area contributed by atoms with Crippen molar-refractivity contribution in [1.82, 2.24) is 25.0 Å². The van der Waals surface area contributed by atoms with Crippen LogP contribution in [0.25, 0.3) is 0 Å². The van der Waals surface area contributed by atoms with Crippen LogP contribution in [0.1, 0.15) is 28.4 Å². The van der Waals surface area contributed by atoms with Crippen LogP contribution >= 0.6 is 22.7 Å². The average Bonchev–Trinajstić information content (AvgIpc) is 3.42. The standard InChI is InChI=1S/C22H34N6S2/c1-18-25-20(17-30-18)15-26-7-5-19(6-8-26)14-24-22(23-2)28-11-9-27(10-12-28)16-21-4-3-13-29-21/h3-4,13,17,19H,5-12,14-16H2,1-2H3,(H,23,24). The molecule has 0 aromatic carbocycles. The van der Waals surface area contributed by atoms with E-state index >= 15 is 0 Å². The Morgan fingerprint density at radius 3 is 2.50 bits per heavy atom. The lowest BCUT2D eigenvalue weighted by Crippen LogP contribution is -2.53. The summed E-state index contributed by atoms with van der Waals surface area (Å²) in [5, 5.41) is 9.21. The number of aryl methyl sites for hydroxylation is 1. The number of piperazine rings is 1. The van der Waals surface area contributed by atoms with Crippen molar-refractivity contribution in [3.63, 3.8) is 0 Å². The summed E-state index contributed by atoms with van der Waals surface area (Å²) in [5.41, 5.74) is 1.23. The molecule has 0 unspecified atom stereocenters. The molecule has 2 aromatic rings. The van der Waals surface area contributed by atoms with E-state index in [4.69, 9.17) is 0 Å². The summed E-state index contributed by atoms with van der Waals surface area (Å²) in [4.78, 5) is 18.2. The molecule has 1 N–H and O–H groups in total. The minimum absolute atomic E-state index is 0.732. The van der Waals surface area contributed by atoms with Gasteiger partial charge in [0.2, 0.25) is 0 Å². The molecule has 0 bridgehead atoms. The van der Waals surface area contributed by atoms with Crippen molar-refractivity contribution < 1.29 is 0 Å². The Hall–Kier alpha value is -1.48. The Labute approximate surface area is 188 Å². The highest BCUT2D eigenvalue weighted by atomic mass is 32.1. The number of nitrogens with one attached hydrogen (secondary N) is 1. The fourth-order valence-corrected chi connectivity index (χ4v) is 5.72. The average molecular weight is 447 g/mol. The second-order valence-corrected chi connectivity index (χ2v) is 10.4. The third-order valence-electron chi connectivity index (χ3n) is 6.15. The van der Waals surface area contributed by atoms with Crippen LogP contribution in [0.15, 0.2) is 27.9 Å². The third-order valence-corrected chi connectivity index (χ3v) is 7.83. The van der Waals surface area contributed by atoms with E-state index in [0.717, 1.165) is 57.7 Å². The van der Waals surface area contributed by atoms with Gasteiger partial charge in [0.25, 0.3) is 0 Å². The third kappa shape index (κ3) is 6.03. The molecule has 2 aromatic heterocycles. The normalized spacial score (nSPS) is 20.1. The SMILES string of the molecule is CN=C(NCC1CCN(Cc2csc(C)n2)CC1)N1CCN(Cc2cccs2)CC1. The maximum atomic E-state index is 4.61. The largest absolute Gasteiger partial charge is 0.356 e. The minimum Gasteiger partial charge on any atom is -0.356 e. The lowest BCUT2D eigenvalue weighted by molar-refractivity contribution is 0.167. The number of hydrogen-bond acceptors (Lipinski definition) is 6. The zero-order valence-electron chi connectivity index (χ0n) is 18.2. The molecule has 0 radical (unpaired) electrons. The Kier molecular flexibility index (Phi) is 7.76. The topological polar surface area (TPSA) is 47.0 Å². The van der Waals surface area contributed by atoms with Gasteiger partial charge in [-0.05, 0) is 50.2 Å². The molecule has 2 saturated heterocycles. The first-order valence-corrected chi connectivity index (χ1v) is 12.8. The van der Waals surface area contributed by atoms with Gasteiger partial charge in [0, 0.05) is 63.1 Å². The van der Waals surface area contributed by atoms with E-state index in [2.05, 4.69) is 59.8 Å². The Morgan fingerprint density at radius 2 is 1.87 bits per heavy atom. The zero-order valence-corrected chi connectivity index (χ0v) is 19.9. The Morgan fingerprint density at radius 1 is 1.10 bits per heavy atom. The summed E-state index contributed by atoms with van der Waals surface area (Å²) in [7, 11) is 1.92. The van der Waals surface area contributed by atoms with Crippen molar-refractivity contribution in [3.05, 3.63) is 38.5 Å². The highest BCUT2D eigenvalue weighted by molar-refractivity contribution is 7.10. The van der Waals surface area contributed by atoms with E-state index in [9.17, 15) is 0 Å². The monoisotopic (exact) mass is 446 g/mol.